The molecule has 0 bridgehead atoms. The largest absolute Gasteiger partial charge is 0.497 e. The Morgan fingerprint density at radius 2 is 1.75 bits per heavy atom. The monoisotopic (exact) mass is 398 g/mol. The van der Waals surface area contributed by atoms with Crippen molar-refractivity contribution in [3.05, 3.63) is 64.9 Å². The average Bonchev–Trinajstić information content (AvgIpc) is 2.69. The van der Waals surface area contributed by atoms with Gasteiger partial charge < -0.3 is 20.1 Å². The second-order valence-corrected chi connectivity index (χ2v) is 6.31. The van der Waals surface area contributed by atoms with Crippen molar-refractivity contribution in [1.82, 2.24) is 9.97 Å². The molecule has 0 fully saturated rings. The molecule has 0 unspecified atom stereocenters. The molecule has 0 aliphatic rings. The summed E-state index contributed by atoms with van der Waals surface area (Å²) in [5.41, 5.74) is 2.11. The van der Waals surface area contributed by atoms with Crippen LogP contribution >= 0.6 is 11.6 Å². The summed E-state index contributed by atoms with van der Waals surface area (Å²) in [4.78, 5) is 21.4. The number of carbonyl (C=O) groups is 1. The molecule has 144 valence electrons. The minimum absolute atomic E-state index is 0.217. The molecule has 0 atom stereocenters. The van der Waals surface area contributed by atoms with Crippen LogP contribution < -0.4 is 20.1 Å². The lowest BCUT2D eigenvalue weighted by Gasteiger charge is -2.12. The fourth-order valence-corrected chi connectivity index (χ4v) is 2.63. The molecule has 0 radical (unpaired) electrons. The van der Waals surface area contributed by atoms with Gasteiger partial charge in [0.25, 0.3) is 5.91 Å². The van der Waals surface area contributed by atoms with Crippen molar-refractivity contribution in [1.29, 1.82) is 0 Å². The van der Waals surface area contributed by atoms with Crippen LogP contribution in [-0.2, 0) is 0 Å². The number of halogens is 1. The number of aromatic nitrogens is 2. The van der Waals surface area contributed by atoms with Gasteiger partial charge in [0.1, 0.15) is 17.2 Å². The van der Waals surface area contributed by atoms with Crippen LogP contribution in [0.15, 0.2) is 48.5 Å². The summed E-state index contributed by atoms with van der Waals surface area (Å²) in [7, 11) is 3.08. The van der Waals surface area contributed by atoms with E-state index in [1.54, 1.807) is 62.6 Å². The van der Waals surface area contributed by atoms with Gasteiger partial charge in [-0.2, -0.15) is 0 Å². The van der Waals surface area contributed by atoms with Gasteiger partial charge in [0.05, 0.1) is 19.9 Å². The van der Waals surface area contributed by atoms with Crippen molar-refractivity contribution in [3.8, 4) is 11.5 Å². The Hall–Kier alpha value is -3.32. The van der Waals surface area contributed by atoms with Crippen LogP contribution in [0.2, 0.25) is 5.02 Å². The highest BCUT2D eigenvalue weighted by Gasteiger charge is 2.14. The van der Waals surface area contributed by atoms with E-state index in [0.717, 1.165) is 5.69 Å². The minimum Gasteiger partial charge on any atom is -0.497 e. The van der Waals surface area contributed by atoms with Crippen LogP contribution in [0.1, 0.15) is 16.2 Å². The Kier molecular flexibility index (Phi) is 5.96. The highest BCUT2D eigenvalue weighted by atomic mass is 35.5. The van der Waals surface area contributed by atoms with Crippen molar-refractivity contribution in [2.45, 2.75) is 6.92 Å². The van der Waals surface area contributed by atoms with E-state index in [1.807, 2.05) is 0 Å². The maximum atomic E-state index is 12.7. The van der Waals surface area contributed by atoms with E-state index in [9.17, 15) is 4.79 Å². The molecule has 2 aromatic carbocycles. The summed E-state index contributed by atoms with van der Waals surface area (Å²) in [6, 6.07) is 13.9. The maximum absolute atomic E-state index is 12.7. The molecule has 8 heteroatoms. The fraction of sp³-hybridized carbons (Fsp3) is 0.150. The Bertz CT molecular complexity index is 993. The van der Waals surface area contributed by atoms with Crippen LogP contribution in [0, 0.1) is 6.92 Å². The number of benzene rings is 2. The molecule has 2 N–H and O–H groups in total. The first kappa shape index (κ1) is 19.4. The number of amides is 1. The number of aryl methyl sites for hydroxylation is 1. The molecule has 0 saturated carbocycles. The Labute approximate surface area is 167 Å². The number of methoxy groups -OCH3 is 2. The highest BCUT2D eigenvalue weighted by Crippen LogP contribution is 2.29. The van der Waals surface area contributed by atoms with Crippen LogP contribution in [0.5, 0.6) is 11.5 Å². The number of hydrogen-bond acceptors (Lipinski definition) is 6. The van der Waals surface area contributed by atoms with Crippen molar-refractivity contribution >= 4 is 34.8 Å². The number of rotatable bonds is 6. The lowest BCUT2D eigenvalue weighted by Crippen LogP contribution is -2.16. The Morgan fingerprint density at radius 1 is 1.00 bits per heavy atom. The van der Waals surface area contributed by atoms with Crippen LogP contribution in [0.3, 0.4) is 0 Å². The van der Waals surface area contributed by atoms with Gasteiger partial charge >= 0.3 is 0 Å². The molecule has 0 aliphatic heterocycles. The van der Waals surface area contributed by atoms with Gasteiger partial charge in [0, 0.05) is 22.5 Å². The van der Waals surface area contributed by atoms with Crippen LogP contribution in [0.25, 0.3) is 0 Å². The lowest BCUT2D eigenvalue weighted by molar-refractivity contribution is 0.102. The molecule has 0 spiro atoms. The zero-order chi connectivity index (χ0) is 20.1. The Morgan fingerprint density at radius 3 is 2.43 bits per heavy atom. The van der Waals surface area contributed by atoms with Gasteiger partial charge in [-0.15, -0.1) is 0 Å². The molecule has 3 rings (SSSR count). The van der Waals surface area contributed by atoms with Crippen LogP contribution in [0.4, 0.5) is 17.3 Å². The van der Waals surface area contributed by atoms with Crippen molar-refractivity contribution in [3.63, 3.8) is 0 Å². The molecular weight excluding hydrogens is 380 g/mol. The predicted molar refractivity (Wildman–Crippen MR) is 109 cm³/mol. The zero-order valence-electron chi connectivity index (χ0n) is 15.6. The van der Waals surface area contributed by atoms with Gasteiger partial charge in [-0.25, -0.2) is 9.97 Å². The van der Waals surface area contributed by atoms with Gasteiger partial charge in [-0.05, 0) is 49.4 Å². The maximum Gasteiger partial charge on any atom is 0.274 e. The van der Waals surface area contributed by atoms with E-state index in [2.05, 4.69) is 20.6 Å². The molecule has 1 aromatic heterocycles. The summed E-state index contributed by atoms with van der Waals surface area (Å²) in [6.07, 6.45) is 0. The summed E-state index contributed by atoms with van der Waals surface area (Å²) < 4.78 is 10.5. The molecule has 0 saturated heterocycles. The molecule has 0 aliphatic carbocycles. The second-order valence-electron chi connectivity index (χ2n) is 5.87. The number of anilines is 3. The first-order chi connectivity index (χ1) is 13.5. The summed E-state index contributed by atoms with van der Waals surface area (Å²) in [5.74, 6) is 1.03. The quantitative estimate of drug-likeness (QED) is 0.638. The summed E-state index contributed by atoms with van der Waals surface area (Å²) in [6.45, 7) is 1.79. The number of hydrogen-bond donors (Lipinski definition) is 2. The van der Waals surface area contributed by atoms with E-state index in [4.69, 9.17) is 21.1 Å². The average molecular weight is 399 g/mol. The standard InChI is InChI=1S/C20H19ClN4O3/c1-12-10-17(25-20(22-12)23-14-6-4-13(21)5-7-14)19(26)24-16-11-15(27-2)8-9-18(16)28-3/h4-11H,1-3H3,(H,24,26)(H,22,23,25). The van der Waals surface area contributed by atoms with Crippen molar-refractivity contribution in [2.75, 3.05) is 24.9 Å². The third-order valence-electron chi connectivity index (χ3n) is 3.84. The lowest BCUT2D eigenvalue weighted by atomic mass is 10.2. The summed E-state index contributed by atoms with van der Waals surface area (Å²) >= 11 is 5.90. The normalized spacial score (nSPS) is 10.3. The molecule has 1 heterocycles. The second kappa shape index (κ2) is 8.58. The minimum atomic E-state index is -0.392. The van der Waals surface area contributed by atoms with Gasteiger partial charge in [-0.3, -0.25) is 4.79 Å². The molecular formula is C20H19ClN4O3. The number of nitrogens with one attached hydrogen (secondary N) is 2. The van der Waals surface area contributed by atoms with E-state index >= 15 is 0 Å². The van der Waals surface area contributed by atoms with E-state index in [0.29, 0.717) is 33.9 Å². The van der Waals surface area contributed by atoms with E-state index in [-0.39, 0.29) is 5.69 Å². The Balaban J connectivity index is 1.84. The van der Waals surface area contributed by atoms with Gasteiger partial charge in [-0.1, -0.05) is 11.6 Å². The third kappa shape index (κ3) is 4.69. The van der Waals surface area contributed by atoms with E-state index < -0.39 is 5.91 Å². The van der Waals surface area contributed by atoms with Gasteiger partial charge in [0.2, 0.25) is 5.95 Å². The molecule has 1 amide bonds. The molecule has 28 heavy (non-hydrogen) atoms. The first-order valence-electron chi connectivity index (χ1n) is 8.40. The number of nitrogens with zero attached hydrogens (tertiary/aromatic N) is 2. The zero-order valence-corrected chi connectivity index (χ0v) is 16.4. The van der Waals surface area contributed by atoms with Crippen LogP contribution in [-0.4, -0.2) is 30.1 Å². The number of ether oxygens (including phenoxy) is 2. The topological polar surface area (TPSA) is 85.4 Å². The summed E-state index contributed by atoms with van der Waals surface area (Å²) in [5, 5.41) is 6.49. The molecule has 7 nitrogen and oxygen atoms in total. The van der Waals surface area contributed by atoms with E-state index in [1.165, 1.54) is 7.11 Å². The SMILES string of the molecule is COc1ccc(OC)c(NC(=O)c2cc(C)nc(Nc3ccc(Cl)cc3)n2)c1. The van der Waals surface area contributed by atoms with Crippen molar-refractivity contribution in [2.24, 2.45) is 0 Å². The van der Waals surface area contributed by atoms with Gasteiger partial charge in [0.15, 0.2) is 0 Å². The molecule has 3 aromatic rings. The van der Waals surface area contributed by atoms with Crippen molar-refractivity contribution < 1.29 is 14.3 Å². The predicted octanol–water partition coefficient (Wildman–Crippen LogP) is 4.45. The fourth-order valence-electron chi connectivity index (χ4n) is 2.50. The smallest absolute Gasteiger partial charge is 0.274 e. The first-order valence-corrected chi connectivity index (χ1v) is 8.78. The number of carbonyl (C=O) groups excluding carboxylic acids is 1. The highest BCUT2D eigenvalue weighted by molar-refractivity contribution is 6.30. The third-order valence-corrected chi connectivity index (χ3v) is 4.09.